The van der Waals surface area contributed by atoms with Gasteiger partial charge in [-0.2, -0.15) is 0 Å². The first-order valence-electron chi connectivity index (χ1n) is 3.10. The summed E-state index contributed by atoms with van der Waals surface area (Å²) in [4.78, 5) is 0. The molecule has 0 aliphatic rings. The zero-order chi connectivity index (χ0) is 7.98. The largest absolute Gasteiger partial charge is 0.135 e. The molecule has 10 heavy (non-hydrogen) atoms. The van der Waals surface area contributed by atoms with Crippen molar-refractivity contribution in [1.29, 1.82) is 0 Å². The van der Waals surface area contributed by atoms with Gasteiger partial charge in [0.1, 0.15) is 0 Å². The Morgan fingerprint density at radius 3 is 1.50 bits per heavy atom. The number of thioether (sulfide) groups is 2. The lowest BCUT2D eigenvalue weighted by atomic mass is 11.0. The molecule has 0 aliphatic heterocycles. The minimum Gasteiger partial charge on any atom is -0.135 e. The molecule has 0 aromatic heterocycles. The van der Waals surface area contributed by atoms with Gasteiger partial charge in [0.2, 0.25) is 0 Å². The summed E-state index contributed by atoms with van der Waals surface area (Å²) in [6.07, 6.45) is 0. The molecule has 0 nitrogen and oxygen atoms in total. The van der Waals surface area contributed by atoms with Crippen molar-refractivity contribution in [1.82, 2.24) is 0 Å². The highest BCUT2D eigenvalue weighted by Crippen LogP contribution is 2.32. The molecule has 60 valence electrons. The number of hydrogen-bond acceptors (Lipinski definition) is 4. The highest BCUT2D eigenvalue weighted by molar-refractivity contribution is 8.21. The van der Waals surface area contributed by atoms with E-state index in [0.717, 1.165) is 20.0 Å². The van der Waals surface area contributed by atoms with Crippen molar-refractivity contribution in [2.75, 3.05) is 11.5 Å². The predicted octanol–water partition coefficient (Wildman–Crippen LogP) is 3.48. The lowest BCUT2D eigenvalue weighted by Gasteiger charge is -2.01. The third-order valence-electron chi connectivity index (χ3n) is 0.745. The average Bonchev–Trinajstić information content (AvgIpc) is 1.89. The molecule has 0 unspecified atom stereocenters. The van der Waals surface area contributed by atoms with Crippen LogP contribution >= 0.6 is 48.8 Å². The minimum atomic E-state index is 1.04. The summed E-state index contributed by atoms with van der Waals surface area (Å²) in [5.74, 6) is 2.13. The van der Waals surface area contributed by atoms with Gasteiger partial charge in [-0.1, -0.05) is 13.8 Å². The van der Waals surface area contributed by atoms with E-state index in [2.05, 4.69) is 39.1 Å². The monoisotopic (exact) mass is 212 g/mol. The van der Waals surface area contributed by atoms with Crippen molar-refractivity contribution in [3.05, 3.63) is 8.47 Å². The van der Waals surface area contributed by atoms with Crippen LogP contribution in [0.2, 0.25) is 0 Å². The first kappa shape index (κ1) is 11.1. The molecule has 0 bridgehead atoms. The zero-order valence-electron chi connectivity index (χ0n) is 6.13. The zero-order valence-corrected chi connectivity index (χ0v) is 9.55. The quantitative estimate of drug-likeness (QED) is 0.685. The third-order valence-corrected chi connectivity index (χ3v) is 4.11. The lowest BCUT2D eigenvalue weighted by Crippen LogP contribution is -1.72. The van der Waals surface area contributed by atoms with E-state index in [4.69, 9.17) is 0 Å². The fourth-order valence-electron chi connectivity index (χ4n) is 0.397. The van der Waals surface area contributed by atoms with Crippen LogP contribution in [0.1, 0.15) is 13.8 Å². The maximum absolute atomic E-state index is 4.28. The van der Waals surface area contributed by atoms with Crippen LogP contribution in [0.3, 0.4) is 0 Å². The summed E-state index contributed by atoms with van der Waals surface area (Å²) in [5, 5.41) is 0. The van der Waals surface area contributed by atoms with Gasteiger partial charge in [-0.3, -0.25) is 0 Å². The summed E-state index contributed by atoms with van der Waals surface area (Å²) in [5.41, 5.74) is 0. The average molecular weight is 212 g/mol. The number of thiol groups is 2. The van der Waals surface area contributed by atoms with Gasteiger partial charge in [0.15, 0.2) is 0 Å². The van der Waals surface area contributed by atoms with Crippen LogP contribution in [-0.4, -0.2) is 11.5 Å². The maximum atomic E-state index is 4.28. The molecular formula is C6H12S4. The van der Waals surface area contributed by atoms with Gasteiger partial charge < -0.3 is 0 Å². The molecule has 0 spiro atoms. The van der Waals surface area contributed by atoms with Crippen molar-refractivity contribution in [3.8, 4) is 0 Å². The molecule has 0 fully saturated rings. The van der Waals surface area contributed by atoms with Crippen molar-refractivity contribution < 1.29 is 0 Å². The normalized spacial score (nSPS) is 13.2. The van der Waals surface area contributed by atoms with Crippen LogP contribution in [0.5, 0.6) is 0 Å². The molecule has 0 saturated carbocycles. The Hall–Kier alpha value is 1.14. The molecule has 0 amide bonds. The van der Waals surface area contributed by atoms with Crippen molar-refractivity contribution in [3.63, 3.8) is 0 Å². The molecular weight excluding hydrogens is 200 g/mol. The SMILES string of the molecule is CCS/C(S)=C(/S)SCC. The molecule has 0 atom stereocenters. The summed E-state index contributed by atoms with van der Waals surface area (Å²) < 4.78 is 2.08. The topological polar surface area (TPSA) is 0 Å². The van der Waals surface area contributed by atoms with Gasteiger partial charge in [-0.15, -0.1) is 48.8 Å². The van der Waals surface area contributed by atoms with Gasteiger partial charge in [0, 0.05) is 0 Å². The van der Waals surface area contributed by atoms with Crippen LogP contribution in [0, 0.1) is 0 Å². The fourth-order valence-corrected chi connectivity index (χ4v) is 2.71. The van der Waals surface area contributed by atoms with Crippen LogP contribution in [-0.2, 0) is 0 Å². The Labute approximate surface area is 82.4 Å². The molecule has 0 N–H and O–H groups in total. The molecule has 0 aliphatic carbocycles. The second kappa shape index (κ2) is 6.83. The summed E-state index contributed by atoms with van der Waals surface area (Å²) in [7, 11) is 0. The van der Waals surface area contributed by atoms with E-state index in [1.165, 1.54) is 0 Å². The molecule has 0 aromatic rings. The fraction of sp³-hybridized carbons (Fsp3) is 0.667. The molecule has 0 saturated heterocycles. The summed E-state index contributed by atoms with van der Waals surface area (Å²) >= 11 is 12.0. The van der Waals surface area contributed by atoms with E-state index in [-0.39, 0.29) is 0 Å². The first-order chi connectivity index (χ1) is 4.72. The van der Waals surface area contributed by atoms with Gasteiger partial charge in [0.05, 0.1) is 8.47 Å². The van der Waals surface area contributed by atoms with Gasteiger partial charge in [-0.05, 0) is 11.5 Å². The standard InChI is InChI=1S/C6H12S4/c1-3-9-5(7)6(8)10-4-2/h7-8H,3-4H2,1-2H3/b6-5-. The Kier molecular flexibility index (Phi) is 7.60. The van der Waals surface area contributed by atoms with E-state index in [1.807, 2.05) is 0 Å². The maximum Gasteiger partial charge on any atom is 0.0569 e. The van der Waals surface area contributed by atoms with Crippen LogP contribution in [0.15, 0.2) is 8.47 Å². The third kappa shape index (κ3) is 4.88. The van der Waals surface area contributed by atoms with Crippen molar-refractivity contribution in [2.24, 2.45) is 0 Å². The second-order valence-corrected chi connectivity index (χ2v) is 5.52. The minimum absolute atomic E-state index is 1.04. The Bertz CT molecular complexity index is 105. The van der Waals surface area contributed by atoms with Crippen molar-refractivity contribution in [2.45, 2.75) is 13.8 Å². The molecule has 0 rings (SSSR count). The van der Waals surface area contributed by atoms with E-state index in [1.54, 1.807) is 23.5 Å². The van der Waals surface area contributed by atoms with Crippen molar-refractivity contribution >= 4 is 48.8 Å². The highest BCUT2D eigenvalue weighted by Gasteiger charge is 1.96. The molecule has 0 heterocycles. The van der Waals surface area contributed by atoms with Crippen LogP contribution in [0.4, 0.5) is 0 Å². The molecule has 4 heteroatoms. The van der Waals surface area contributed by atoms with Gasteiger partial charge in [-0.25, -0.2) is 0 Å². The first-order valence-corrected chi connectivity index (χ1v) is 5.96. The number of rotatable bonds is 4. The van der Waals surface area contributed by atoms with E-state index < -0.39 is 0 Å². The summed E-state index contributed by atoms with van der Waals surface area (Å²) in [6.45, 7) is 4.22. The van der Waals surface area contributed by atoms with Crippen LogP contribution in [0.25, 0.3) is 0 Å². The Morgan fingerprint density at radius 2 is 1.30 bits per heavy atom. The smallest absolute Gasteiger partial charge is 0.0569 e. The Balaban J connectivity index is 3.79. The van der Waals surface area contributed by atoms with E-state index in [9.17, 15) is 0 Å². The van der Waals surface area contributed by atoms with E-state index >= 15 is 0 Å². The summed E-state index contributed by atoms with van der Waals surface area (Å²) in [6, 6.07) is 0. The highest BCUT2D eigenvalue weighted by atomic mass is 32.2. The van der Waals surface area contributed by atoms with E-state index in [0.29, 0.717) is 0 Å². The second-order valence-electron chi connectivity index (χ2n) is 1.48. The predicted molar refractivity (Wildman–Crippen MR) is 61.3 cm³/mol. The lowest BCUT2D eigenvalue weighted by molar-refractivity contribution is 1.53. The molecule has 0 aromatic carbocycles. The Morgan fingerprint density at radius 1 is 1.00 bits per heavy atom. The van der Waals surface area contributed by atoms with Gasteiger partial charge in [0.25, 0.3) is 0 Å². The molecule has 0 radical (unpaired) electrons. The van der Waals surface area contributed by atoms with Crippen LogP contribution < -0.4 is 0 Å². The van der Waals surface area contributed by atoms with Gasteiger partial charge >= 0.3 is 0 Å². The number of hydrogen-bond donors (Lipinski definition) is 2.